The van der Waals surface area contributed by atoms with E-state index in [4.69, 9.17) is 9.47 Å². The molecule has 9 nitrogen and oxygen atoms in total. The molecule has 0 radical (unpaired) electrons. The summed E-state index contributed by atoms with van der Waals surface area (Å²) in [6.45, 7) is 4.89. The molecule has 192 valence electrons. The van der Waals surface area contributed by atoms with Crippen LogP contribution in [0, 0.1) is 0 Å². The standard InChI is InChI=1S/C27H34N4O5/c1-19(2)28-23(32)17-30-18-31(20-9-6-5-7-10-20)27(26(30)34)13-15-29(16-14-27)25(33)24-21(35-3)11-8-12-22(24)36-4/h5-12,19H,13-18H2,1-4H3,(H,28,32). The van der Waals surface area contributed by atoms with Gasteiger partial charge in [-0.15, -0.1) is 0 Å². The molecule has 4 rings (SSSR count). The van der Waals surface area contributed by atoms with Crippen LogP contribution < -0.4 is 19.7 Å². The van der Waals surface area contributed by atoms with Crippen molar-refractivity contribution in [3.63, 3.8) is 0 Å². The Hall–Kier alpha value is -3.75. The predicted octanol–water partition coefficient (Wildman–Crippen LogP) is 2.51. The fourth-order valence-electron chi connectivity index (χ4n) is 5.16. The number of hydrogen-bond donors (Lipinski definition) is 1. The number of carbonyl (C=O) groups excluding carboxylic acids is 3. The number of para-hydroxylation sites is 1. The van der Waals surface area contributed by atoms with Gasteiger partial charge in [-0.25, -0.2) is 0 Å². The van der Waals surface area contributed by atoms with Crippen LogP contribution in [0.5, 0.6) is 11.5 Å². The van der Waals surface area contributed by atoms with Crippen LogP contribution in [0.3, 0.4) is 0 Å². The molecule has 0 atom stereocenters. The molecule has 2 aromatic carbocycles. The molecule has 1 N–H and O–H groups in total. The van der Waals surface area contributed by atoms with Gasteiger partial charge < -0.3 is 29.5 Å². The molecular weight excluding hydrogens is 460 g/mol. The largest absolute Gasteiger partial charge is 0.496 e. The van der Waals surface area contributed by atoms with Gasteiger partial charge in [-0.3, -0.25) is 14.4 Å². The molecule has 1 spiro atoms. The third-order valence-corrected chi connectivity index (χ3v) is 6.89. The maximum Gasteiger partial charge on any atom is 0.261 e. The van der Waals surface area contributed by atoms with Crippen molar-refractivity contribution in [2.24, 2.45) is 0 Å². The molecule has 0 aliphatic carbocycles. The van der Waals surface area contributed by atoms with E-state index >= 15 is 0 Å². The molecule has 2 aliphatic heterocycles. The minimum Gasteiger partial charge on any atom is -0.496 e. The van der Waals surface area contributed by atoms with Gasteiger partial charge in [0.1, 0.15) is 29.1 Å². The van der Waals surface area contributed by atoms with Gasteiger partial charge in [-0.1, -0.05) is 24.3 Å². The summed E-state index contributed by atoms with van der Waals surface area (Å²) in [6.07, 6.45) is 0.901. The first-order valence-corrected chi connectivity index (χ1v) is 12.2. The van der Waals surface area contributed by atoms with E-state index < -0.39 is 5.54 Å². The molecule has 0 bridgehead atoms. The van der Waals surface area contributed by atoms with E-state index in [1.807, 2.05) is 44.2 Å². The van der Waals surface area contributed by atoms with Crippen LogP contribution in [-0.4, -0.2) is 79.6 Å². The van der Waals surface area contributed by atoms with Gasteiger partial charge in [0.25, 0.3) is 11.8 Å². The number of benzene rings is 2. The monoisotopic (exact) mass is 494 g/mol. The summed E-state index contributed by atoms with van der Waals surface area (Å²) >= 11 is 0. The molecule has 9 heteroatoms. The smallest absolute Gasteiger partial charge is 0.261 e. The highest BCUT2D eigenvalue weighted by Crippen LogP contribution is 2.40. The number of hydrogen-bond acceptors (Lipinski definition) is 6. The second-order valence-electron chi connectivity index (χ2n) is 9.49. The highest BCUT2D eigenvalue weighted by atomic mass is 16.5. The Labute approximate surface area is 211 Å². The van der Waals surface area contributed by atoms with Crippen molar-refractivity contribution >= 4 is 23.4 Å². The van der Waals surface area contributed by atoms with Gasteiger partial charge in [0, 0.05) is 24.8 Å². The molecule has 2 aliphatic rings. The second kappa shape index (κ2) is 10.5. The van der Waals surface area contributed by atoms with E-state index in [9.17, 15) is 14.4 Å². The zero-order chi connectivity index (χ0) is 25.9. The summed E-state index contributed by atoms with van der Waals surface area (Å²) in [7, 11) is 3.05. The molecule has 2 aromatic rings. The number of rotatable bonds is 7. The van der Waals surface area contributed by atoms with Crippen molar-refractivity contribution in [3.05, 3.63) is 54.1 Å². The maximum atomic E-state index is 13.8. The van der Waals surface area contributed by atoms with Crippen LogP contribution in [0.2, 0.25) is 0 Å². The van der Waals surface area contributed by atoms with Crippen LogP contribution in [0.25, 0.3) is 0 Å². The Morgan fingerprint density at radius 1 is 0.972 bits per heavy atom. The molecule has 2 heterocycles. The van der Waals surface area contributed by atoms with Crippen LogP contribution in [0.4, 0.5) is 5.69 Å². The van der Waals surface area contributed by atoms with Crippen molar-refractivity contribution in [1.82, 2.24) is 15.1 Å². The number of likely N-dealkylation sites (tertiary alicyclic amines) is 1. The minimum atomic E-state index is -0.818. The topological polar surface area (TPSA) is 91.4 Å². The molecule has 3 amide bonds. The predicted molar refractivity (Wildman–Crippen MR) is 136 cm³/mol. The summed E-state index contributed by atoms with van der Waals surface area (Å²) in [5, 5.41) is 2.87. The van der Waals surface area contributed by atoms with Crippen molar-refractivity contribution < 1.29 is 23.9 Å². The lowest BCUT2D eigenvalue weighted by molar-refractivity contribution is -0.137. The summed E-state index contributed by atoms with van der Waals surface area (Å²) in [6, 6.07) is 15.0. The number of nitrogens with one attached hydrogen (secondary N) is 1. The average Bonchev–Trinajstić information content (AvgIpc) is 3.14. The van der Waals surface area contributed by atoms with Gasteiger partial charge in [0.15, 0.2) is 0 Å². The van der Waals surface area contributed by atoms with Crippen molar-refractivity contribution in [2.75, 3.05) is 45.4 Å². The summed E-state index contributed by atoms with van der Waals surface area (Å²) in [5.74, 6) is 0.449. The van der Waals surface area contributed by atoms with E-state index in [2.05, 4.69) is 10.2 Å². The Morgan fingerprint density at radius 2 is 1.58 bits per heavy atom. The Bertz CT molecular complexity index is 1090. The lowest BCUT2D eigenvalue weighted by Gasteiger charge is -2.43. The zero-order valence-electron chi connectivity index (χ0n) is 21.3. The first-order valence-electron chi connectivity index (χ1n) is 12.2. The number of methoxy groups -OCH3 is 2. The Morgan fingerprint density at radius 3 is 2.14 bits per heavy atom. The number of nitrogens with zero attached hydrogens (tertiary/aromatic N) is 3. The van der Waals surface area contributed by atoms with E-state index in [0.29, 0.717) is 49.7 Å². The number of piperidine rings is 1. The quantitative estimate of drug-likeness (QED) is 0.636. The van der Waals surface area contributed by atoms with E-state index in [0.717, 1.165) is 5.69 Å². The molecule has 0 saturated carbocycles. The molecule has 36 heavy (non-hydrogen) atoms. The maximum absolute atomic E-state index is 13.8. The summed E-state index contributed by atoms with van der Waals surface area (Å²) in [4.78, 5) is 45.2. The fourth-order valence-corrected chi connectivity index (χ4v) is 5.16. The van der Waals surface area contributed by atoms with Crippen LogP contribution in [-0.2, 0) is 9.59 Å². The third kappa shape index (κ3) is 4.69. The van der Waals surface area contributed by atoms with Gasteiger partial charge in [0.2, 0.25) is 5.91 Å². The number of carbonyl (C=O) groups is 3. The highest BCUT2D eigenvalue weighted by Gasteiger charge is 2.54. The lowest BCUT2D eigenvalue weighted by atomic mass is 9.85. The highest BCUT2D eigenvalue weighted by molar-refractivity contribution is 6.00. The molecule has 0 unspecified atom stereocenters. The second-order valence-corrected chi connectivity index (χ2v) is 9.49. The van der Waals surface area contributed by atoms with Gasteiger partial charge in [-0.05, 0) is 51.0 Å². The van der Waals surface area contributed by atoms with Gasteiger partial charge >= 0.3 is 0 Å². The van der Waals surface area contributed by atoms with Gasteiger partial charge in [0.05, 0.1) is 20.9 Å². The van der Waals surface area contributed by atoms with E-state index in [1.165, 1.54) is 14.2 Å². The van der Waals surface area contributed by atoms with Crippen molar-refractivity contribution in [3.8, 4) is 11.5 Å². The SMILES string of the molecule is COc1cccc(OC)c1C(=O)N1CCC2(CC1)C(=O)N(CC(=O)NC(C)C)CN2c1ccccc1. The Balaban J connectivity index is 1.58. The van der Waals surface area contributed by atoms with Crippen LogP contribution >= 0.6 is 0 Å². The summed E-state index contributed by atoms with van der Waals surface area (Å²) in [5.41, 5.74) is 0.480. The molecule has 2 fully saturated rings. The average molecular weight is 495 g/mol. The van der Waals surface area contributed by atoms with Gasteiger partial charge in [-0.2, -0.15) is 0 Å². The summed E-state index contributed by atoms with van der Waals surface area (Å²) < 4.78 is 10.9. The lowest BCUT2D eigenvalue weighted by Crippen LogP contribution is -2.57. The number of amides is 3. The molecule has 0 aromatic heterocycles. The zero-order valence-corrected chi connectivity index (χ0v) is 21.3. The van der Waals surface area contributed by atoms with E-state index in [1.54, 1.807) is 28.0 Å². The van der Waals surface area contributed by atoms with Crippen LogP contribution in [0.1, 0.15) is 37.0 Å². The van der Waals surface area contributed by atoms with Crippen molar-refractivity contribution in [2.45, 2.75) is 38.3 Å². The number of anilines is 1. The third-order valence-electron chi connectivity index (χ3n) is 6.89. The minimum absolute atomic E-state index is 0.00313. The van der Waals surface area contributed by atoms with Crippen LogP contribution in [0.15, 0.2) is 48.5 Å². The Kier molecular flexibility index (Phi) is 7.37. The molecular formula is C27H34N4O5. The fraction of sp³-hybridized carbons (Fsp3) is 0.444. The number of ether oxygens (including phenoxy) is 2. The first-order chi connectivity index (χ1) is 17.3. The van der Waals surface area contributed by atoms with E-state index in [-0.39, 0.29) is 30.3 Å². The molecule has 2 saturated heterocycles. The van der Waals surface area contributed by atoms with Crippen molar-refractivity contribution in [1.29, 1.82) is 0 Å². The normalized spacial score (nSPS) is 17.0. The first kappa shape index (κ1) is 25.3.